The van der Waals surface area contributed by atoms with Crippen molar-refractivity contribution in [3.8, 4) is 6.07 Å². The van der Waals surface area contributed by atoms with Gasteiger partial charge in [-0.15, -0.1) is 0 Å². The van der Waals surface area contributed by atoms with Crippen molar-refractivity contribution >= 4 is 17.7 Å². The van der Waals surface area contributed by atoms with E-state index in [9.17, 15) is 23.5 Å². The molecule has 1 aromatic carbocycles. The van der Waals surface area contributed by atoms with E-state index < -0.39 is 40.5 Å². The lowest BCUT2D eigenvalue weighted by Gasteiger charge is -2.28. The minimum absolute atomic E-state index is 0.00182. The Morgan fingerprint density at radius 3 is 2.38 bits per heavy atom. The number of carboxylic acids is 1. The molecule has 1 saturated heterocycles. The molecule has 0 spiro atoms. The summed E-state index contributed by atoms with van der Waals surface area (Å²) >= 11 is 0. The summed E-state index contributed by atoms with van der Waals surface area (Å²) < 4.78 is 33.5. The molecule has 140 valence electrons. The number of alkyl carbamates (subject to hydrolysis) is 1. The fourth-order valence-electron chi connectivity index (χ4n) is 2.76. The van der Waals surface area contributed by atoms with Crippen LogP contribution in [-0.2, 0) is 9.53 Å². The second-order valence-electron chi connectivity index (χ2n) is 7.09. The molecule has 7 nitrogen and oxygen atoms in total. The van der Waals surface area contributed by atoms with Crippen molar-refractivity contribution in [1.82, 2.24) is 5.32 Å². The number of nitrogens with one attached hydrogen (secondary N) is 1. The lowest BCUT2D eigenvalue weighted by atomic mass is 9.99. The largest absolute Gasteiger partial charge is 0.479 e. The van der Waals surface area contributed by atoms with E-state index in [0.717, 1.165) is 12.1 Å². The molecule has 1 atom stereocenters. The third-order valence-corrected chi connectivity index (χ3v) is 3.88. The van der Waals surface area contributed by atoms with E-state index in [1.165, 1.54) is 4.90 Å². The molecule has 2 N–H and O–H groups in total. The van der Waals surface area contributed by atoms with Crippen LogP contribution in [0.3, 0.4) is 0 Å². The van der Waals surface area contributed by atoms with Crippen LogP contribution in [0.1, 0.15) is 32.8 Å². The minimum Gasteiger partial charge on any atom is -0.479 e. The normalized spacial score (nSPS) is 19.8. The second kappa shape index (κ2) is 6.78. The highest BCUT2D eigenvalue weighted by atomic mass is 19.1. The fraction of sp³-hybridized carbons (Fsp3) is 0.471. The van der Waals surface area contributed by atoms with Gasteiger partial charge < -0.3 is 20.1 Å². The van der Waals surface area contributed by atoms with Crippen molar-refractivity contribution in [1.29, 1.82) is 5.26 Å². The monoisotopic (exact) mass is 367 g/mol. The molecule has 1 unspecified atom stereocenters. The van der Waals surface area contributed by atoms with Crippen molar-refractivity contribution in [3.05, 3.63) is 29.3 Å². The zero-order chi connectivity index (χ0) is 19.7. The van der Waals surface area contributed by atoms with Gasteiger partial charge in [-0.1, -0.05) is 0 Å². The molecule has 0 radical (unpaired) electrons. The van der Waals surface area contributed by atoms with Crippen LogP contribution >= 0.6 is 0 Å². The smallest absolute Gasteiger partial charge is 0.408 e. The molecule has 0 aliphatic carbocycles. The van der Waals surface area contributed by atoms with Crippen LogP contribution in [0.2, 0.25) is 0 Å². The Balaban J connectivity index is 2.27. The number of halogens is 2. The van der Waals surface area contributed by atoms with Crippen molar-refractivity contribution in [3.63, 3.8) is 0 Å². The van der Waals surface area contributed by atoms with Crippen LogP contribution in [-0.4, -0.2) is 41.4 Å². The number of nitrogens with zero attached hydrogens (tertiary/aromatic N) is 2. The van der Waals surface area contributed by atoms with E-state index in [4.69, 9.17) is 10.00 Å². The molecular formula is C17H19F2N3O4. The van der Waals surface area contributed by atoms with Gasteiger partial charge in [-0.05, 0) is 32.9 Å². The van der Waals surface area contributed by atoms with Gasteiger partial charge in [0, 0.05) is 13.0 Å². The molecular weight excluding hydrogens is 348 g/mol. The minimum atomic E-state index is -1.74. The number of benzene rings is 1. The summed E-state index contributed by atoms with van der Waals surface area (Å²) in [5, 5.41) is 20.6. The second-order valence-corrected chi connectivity index (χ2v) is 7.09. The molecule has 1 aliphatic heterocycles. The zero-order valence-corrected chi connectivity index (χ0v) is 14.6. The highest BCUT2D eigenvalue weighted by Gasteiger charge is 2.48. The maximum Gasteiger partial charge on any atom is 0.408 e. The van der Waals surface area contributed by atoms with Gasteiger partial charge in [-0.2, -0.15) is 5.26 Å². The third-order valence-electron chi connectivity index (χ3n) is 3.88. The first-order chi connectivity index (χ1) is 12.0. The first-order valence-electron chi connectivity index (χ1n) is 7.86. The van der Waals surface area contributed by atoms with Gasteiger partial charge in [0.25, 0.3) is 0 Å². The molecule has 1 aliphatic rings. The molecule has 1 amide bonds. The highest BCUT2D eigenvalue weighted by molar-refractivity contribution is 5.86. The number of rotatable bonds is 3. The summed E-state index contributed by atoms with van der Waals surface area (Å²) in [5.74, 6) is -3.28. The number of amides is 1. The average molecular weight is 367 g/mol. The quantitative estimate of drug-likeness (QED) is 0.850. The summed E-state index contributed by atoms with van der Waals surface area (Å²) in [7, 11) is 0. The number of aliphatic carboxylic acids is 1. The highest BCUT2D eigenvalue weighted by Crippen LogP contribution is 2.32. The van der Waals surface area contributed by atoms with Gasteiger partial charge in [0.05, 0.1) is 18.2 Å². The Morgan fingerprint density at radius 2 is 1.92 bits per heavy atom. The molecule has 1 fully saturated rings. The van der Waals surface area contributed by atoms with E-state index in [2.05, 4.69) is 5.32 Å². The number of anilines is 1. The first-order valence-corrected chi connectivity index (χ1v) is 7.86. The third kappa shape index (κ3) is 4.02. The molecule has 26 heavy (non-hydrogen) atoms. The van der Waals surface area contributed by atoms with E-state index >= 15 is 0 Å². The van der Waals surface area contributed by atoms with Crippen LogP contribution in [0.5, 0.6) is 0 Å². The SMILES string of the molecule is CC(C)(C)OC(=O)NC1(C(=O)O)CCN(c2c(F)cc(C#N)cc2F)C1. The molecule has 1 aromatic rings. The zero-order valence-electron chi connectivity index (χ0n) is 14.6. The van der Waals surface area contributed by atoms with E-state index in [1.54, 1.807) is 26.8 Å². The molecule has 0 saturated carbocycles. The predicted molar refractivity (Wildman–Crippen MR) is 87.6 cm³/mol. The lowest BCUT2D eigenvalue weighted by Crippen LogP contribution is -2.57. The topological polar surface area (TPSA) is 103 Å². The number of nitriles is 1. The summed E-state index contributed by atoms with van der Waals surface area (Å²) in [6.07, 6.45) is -0.997. The van der Waals surface area contributed by atoms with Crippen LogP contribution in [0.15, 0.2) is 12.1 Å². The summed E-state index contributed by atoms with van der Waals surface area (Å²) in [6, 6.07) is 3.39. The Hall–Kier alpha value is -2.89. The Bertz CT molecular complexity index is 762. The molecule has 2 rings (SSSR count). The van der Waals surface area contributed by atoms with E-state index in [0.29, 0.717) is 0 Å². The maximum absolute atomic E-state index is 14.2. The molecule has 0 bridgehead atoms. The Labute approximate surface area is 149 Å². The van der Waals surface area contributed by atoms with Crippen molar-refractivity contribution in [2.24, 2.45) is 0 Å². The van der Waals surface area contributed by atoms with Crippen molar-refractivity contribution < 1.29 is 28.2 Å². The van der Waals surface area contributed by atoms with Crippen LogP contribution in [0, 0.1) is 23.0 Å². The molecule has 9 heteroatoms. The predicted octanol–water partition coefficient (Wildman–Crippen LogP) is 2.39. The van der Waals surface area contributed by atoms with E-state index in [-0.39, 0.29) is 25.1 Å². The number of ether oxygens (including phenoxy) is 1. The van der Waals surface area contributed by atoms with Crippen LogP contribution in [0.4, 0.5) is 19.3 Å². The lowest BCUT2D eigenvalue weighted by molar-refractivity contribution is -0.143. The van der Waals surface area contributed by atoms with Gasteiger partial charge in [0.1, 0.15) is 11.3 Å². The maximum atomic E-state index is 14.2. The number of hydrogen-bond acceptors (Lipinski definition) is 5. The summed E-state index contributed by atoms with van der Waals surface area (Å²) in [6.45, 7) is 4.54. The van der Waals surface area contributed by atoms with Crippen molar-refractivity contribution in [2.75, 3.05) is 18.0 Å². The Kier molecular flexibility index (Phi) is 5.07. The summed E-state index contributed by atoms with van der Waals surface area (Å²) in [4.78, 5) is 24.9. The first kappa shape index (κ1) is 19.4. The van der Waals surface area contributed by atoms with Gasteiger partial charge >= 0.3 is 12.1 Å². The average Bonchev–Trinajstić information content (AvgIpc) is 2.89. The number of hydrogen-bond donors (Lipinski definition) is 2. The van der Waals surface area contributed by atoms with Crippen LogP contribution in [0.25, 0.3) is 0 Å². The molecule has 1 heterocycles. The van der Waals surface area contributed by atoms with E-state index in [1.807, 2.05) is 0 Å². The van der Waals surface area contributed by atoms with Crippen molar-refractivity contribution in [2.45, 2.75) is 38.3 Å². The van der Waals surface area contributed by atoms with Gasteiger partial charge in [0.15, 0.2) is 17.2 Å². The van der Waals surface area contributed by atoms with Gasteiger partial charge in [-0.25, -0.2) is 18.4 Å². The number of carbonyl (C=O) groups excluding carboxylic acids is 1. The Morgan fingerprint density at radius 1 is 1.35 bits per heavy atom. The number of carboxylic acid groups (broad SMARTS) is 1. The van der Waals surface area contributed by atoms with Gasteiger partial charge in [-0.3, -0.25) is 0 Å². The summed E-state index contributed by atoms with van der Waals surface area (Å²) in [5.41, 5.74) is -3.18. The fourth-order valence-corrected chi connectivity index (χ4v) is 2.76. The van der Waals surface area contributed by atoms with Crippen LogP contribution < -0.4 is 10.2 Å². The van der Waals surface area contributed by atoms with Gasteiger partial charge in [0.2, 0.25) is 0 Å². The number of carbonyl (C=O) groups is 2. The standard InChI is InChI=1S/C17H19F2N3O4/c1-16(2,3)26-15(25)21-17(14(23)24)4-5-22(9-17)13-11(18)6-10(8-20)7-12(13)19/h6-7H,4-5,9H2,1-3H3,(H,21,25)(H,23,24). The molecule has 0 aromatic heterocycles.